The van der Waals surface area contributed by atoms with Gasteiger partial charge in [-0.2, -0.15) is 5.10 Å². The van der Waals surface area contributed by atoms with Crippen LogP contribution in [0.4, 0.5) is 5.69 Å². The van der Waals surface area contributed by atoms with Gasteiger partial charge in [0.15, 0.2) is 11.5 Å². The molecule has 0 bridgehead atoms. The molecule has 2 heterocycles. The van der Waals surface area contributed by atoms with Crippen molar-refractivity contribution < 1.29 is 14.3 Å². The van der Waals surface area contributed by atoms with E-state index in [1.54, 1.807) is 30.4 Å². The Morgan fingerprint density at radius 3 is 2.70 bits per heavy atom. The zero-order valence-corrected chi connectivity index (χ0v) is 15.5. The highest BCUT2D eigenvalue weighted by molar-refractivity contribution is 5.90. The number of nitrogens with one attached hydrogen (secondary N) is 1. The van der Waals surface area contributed by atoms with Gasteiger partial charge in [0.05, 0.1) is 25.2 Å². The maximum absolute atomic E-state index is 12.1. The number of amides is 1. The highest BCUT2D eigenvalue weighted by atomic mass is 16.5. The number of carbonyl (C=O) groups is 1. The van der Waals surface area contributed by atoms with Crippen LogP contribution in [-0.2, 0) is 17.9 Å². The molecule has 0 atom stereocenters. The molecule has 1 aromatic carbocycles. The molecule has 27 heavy (non-hydrogen) atoms. The molecule has 0 aliphatic heterocycles. The van der Waals surface area contributed by atoms with Crippen molar-refractivity contribution in [3.05, 3.63) is 48.5 Å². The Bertz CT molecular complexity index is 902. The third kappa shape index (κ3) is 4.84. The van der Waals surface area contributed by atoms with Crippen LogP contribution in [0, 0.1) is 0 Å². The van der Waals surface area contributed by atoms with E-state index in [0.29, 0.717) is 22.9 Å². The summed E-state index contributed by atoms with van der Waals surface area (Å²) in [6, 6.07) is 7.59. The normalized spacial score (nSPS) is 10.8. The number of methoxy groups -OCH3 is 1. The van der Waals surface area contributed by atoms with Crippen molar-refractivity contribution in [2.75, 3.05) is 12.4 Å². The SMILES string of the molecule is COc1ccccc1OCc1cn(CC(=O)Nc2cnn(C(C)C)c2)nn1. The second kappa shape index (κ2) is 8.35. The Hall–Kier alpha value is -3.36. The number of rotatable bonds is 8. The summed E-state index contributed by atoms with van der Waals surface area (Å²) in [5, 5.41) is 15.0. The van der Waals surface area contributed by atoms with E-state index in [1.807, 2.05) is 38.1 Å². The van der Waals surface area contributed by atoms with Crippen LogP contribution >= 0.6 is 0 Å². The van der Waals surface area contributed by atoms with Crippen molar-refractivity contribution in [2.45, 2.75) is 33.0 Å². The van der Waals surface area contributed by atoms with Gasteiger partial charge in [0.1, 0.15) is 18.8 Å². The number of para-hydroxylation sites is 2. The lowest BCUT2D eigenvalue weighted by atomic mass is 10.3. The van der Waals surface area contributed by atoms with E-state index in [-0.39, 0.29) is 25.1 Å². The molecule has 0 saturated heterocycles. The van der Waals surface area contributed by atoms with E-state index >= 15 is 0 Å². The fourth-order valence-electron chi connectivity index (χ4n) is 2.40. The van der Waals surface area contributed by atoms with E-state index in [0.717, 1.165) is 0 Å². The van der Waals surface area contributed by atoms with Crippen molar-refractivity contribution in [1.29, 1.82) is 0 Å². The Balaban J connectivity index is 1.53. The number of hydrogen-bond acceptors (Lipinski definition) is 6. The van der Waals surface area contributed by atoms with Gasteiger partial charge in [-0.25, -0.2) is 4.68 Å². The number of carbonyl (C=O) groups excluding carboxylic acids is 1. The fraction of sp³-hybridized carbons (Fsp3) is 0.333. The molecular weight excluding hydrogens is 348 g/mol. The van der Waals surface area contributed by atoms with Crippen LogP contribution in [0.25, 0.3) is 0 Å². The lowest BCUT2D eigenvalue weighted by molar-refractivity contribution is -0.116. The van der Waals surface area contributed by atoms with Crippen molar-refractivity contribution in [3.8, 4) is 11.5 Å². The first-order valence-corrected chi connectivity index (χ1v) is 8.54. The van der Waals surface area contributed by atoms with Crippen LogP contribution in [0.15, 0.2) is 42.9 Å². The van der Waals surface area contributed by atoms with Crippen molar-refractivity contribution >= 4 is 11.6 Å². The standard InChI is InChI=1S/C18H22N6O3/c1-13(2)24-10-14(8-19-24)20-18(25)11-23-9-15(21-22-23)12-27-17-7-5-4-6-16(17)26-3/h4-10,13H,11-12H2,1-3H3,(H,20,25). The molecule has 0 aliphatic carbocycles. The number of aromatic nitrogens is 5. The molecule has 142 valence electrons. The third-order valence-electron chi connectivity index (χ3n) is 3.75. The number of hydrogen-bond donors (Lipinski definition) is 1. The number of anilines is 1. The summed E-state index contributed by atoms with van der Waals surface area (Å²) in [5.74, 6) is 1.06. The quantitative estimate of drug-likeness (QED) is 0.653. The highest BCUT2D eigenvalue weighted by Gasteiger charge is 2.10. The van der Waals surface area contributed by atoms with Gasteiger partial charge in [-0.1, -0.05) is 17.3 Å². The number of nitrogens with zero attached hydrogens (tertiary/aromatic N) is 5. The summed E-state index contributed by atoms with van der Waals surface area (Å²) >= 11 is 0. The molecule has 0 radical (unpaired) electrons. The van der Waals surface area contributed by atoms with E-state index < -0.39 is 0 Å². The molecule has 0 fully saturated rings. The second-order valence-electron chi connectivity index (χ2n) is 6.20. The zero-order valence-electron chi connectivity index (χ0n) is 15.5. The lowest BCUT2D eigenvalue weighted by Crippen LogP contribution is -2.18. The van der Waals surface area contributed by atoms with Crippen LogP contribution in [0.3, 0.4) is 0 Å². The molecule has 1 N–H and O–H groups in total. The number of benzene rings is 1. The van der Waals surface area contributed by atoms with Crippen LogP contribution in [0.1, 0.15) is 25.6 Å². The van der Waals surface area contributed by atoms with Crippen LogP contribution in [-0.4, -0.2) is 37.8 Å². The maximum Gasteiger partial charge on any atom is 0.246 e. The van der Waals surface area contributed by atoms with Crippen molar-refractivity contribution in [1.82, 2.24) is 24.8 Å². The van der Waals surface area contributed by atoms with Crippen LogP contribution in [0.5, 0.6) is 11.5 Å². The van der Waals surface area contributed by atoms with Gasteiger partial charge >= 0.3 is 0 Å². The smallest absolute Gasteiger partial charge is 0.246 e. The van der Waals surface area contributed by atoms with E-state index in [9.17, 15) is 4.79 Å². The Morgan fingerprint density at radius 2 is 2.00 bits per heavy atom. The monoisotopic (exact) mass is 370 g/mol. The Labute approximate surface area is 156 Å². The largest absolute Gasteiger partial charge is 0.493 e. The van der Waals surface area contributed by atoms with Crippen molar-refractivity contribution in [3.63, 3.8) is 0 Å². The predicted molar refractivity (Wildman–Crippen MR) is 98.6 cm³/mol. The van der Waals surface area contributed by atoms with Gasteiger partial charge in [-0.05, 0) is 26.0 Å². The summed E-state index contributed by atoms with van der Waals surface area (Å²) in [6.45, 7) is 4.31. The van der Waals surface area contributed by atoms with Gasteiger partial charge in [-0.15, -0.1) is 5.10 Å². The molecule has 0 saturated carbocycles. The minimum atomic E-state index is -0.208. The molecule has 9 heteroatoms. The van der Waals surface area contributed by atoms with Crippen LogP contribution < -0.4 is 14.8 Å². The first-order valence-electron chi connectivity index (χ1n) is 8.54. The zero-order chi connectivity index (χ0) is 19.2. The highest BCUT2D eigenvalue weighted by Crippen LogP contribution is 2.26. The maximum atomic E-state index is 12.1. The molecule has 3 rings (SSSR count). The fourth-order valence-corrected chi connectivity index (χ4v) is 2.40. The molecular formula is C18H22N6O3. The van der Waals surface area contributed by atoms with E-state index in [4.69, 9.17) is 9.47 Å². The molecule has 3 aromatic rings. The molecule has 2 aromatic heterocycles. The molecule has 9 nitrogen and oxygen atoms in total. The number of ether oxygens (including phenoxy) is 2. The van der Waals surface area contributed by atoms with E-state index in [2.05, 4.69) is 20.7 Å². The molecule has 0 spiro atoms. The average molecular weight is 370 g/mol. The molecule has 1 amide bonds. The average Bonchev–Trinajstić information content (AvgIpc) is 3.29. The summed E-state index contributed by atoms with van der Waals surface area (Å²) in [4.78, 5) is 12.1. The third-order valence-corrected chi connectivity index (χ3v) is 3.75. The summed E-state index contributed by atoms with van der Waals surface area (Å²) in [5.41, 5.74) is 1.26. The summed E-state index contributed by atoms with van der Waals surface area (Å²) in [6.07, 6.45) is 5.08. The Kier molecular flexibility index (Phi) is 5.70. The Morgan fingerprint density at radius 1 is 1.22 bits per heavy atom. The topological polar surface area (TPSA) is 96.1 Å². The predicted octanol–water partition coefficient (Wildman–Crippen LogP) is 2.28. The van der Waals surface area contributed by atoms with Gasteiger partial charge in [0.2, 0.25) is 5.91 Å². The van der Waals surface area contributed by atoms with Gasteiger partial charge < -0.3 is 14.8 Å². The minimum absolute atomic E-state index is 0.0501. The second-order valence-corrected chi connectivity index (χ2v) is 6.20. The summed E-state index contributed by atoms with van der Waals surface area (Å²) < 4.78 is 14.2. The van der Waals surface area contributed by atoms with Gasteiger partial charge in [0.25, 0.3) is 0 Å². The lowest BCUT2D eigenvalue weighted by Gasteiger charge is -2.08. The summed E-state index contributed by atoms with van der Waals surface area (Å²) in [7, 11) is 1.59. The van der Waals surface area contributed by atoms with E-state index in [1.165, 1.54) is 4.68 Å². The first kappa shape index (κ1) is 18.4. The van der Waals surface area contributed by atoms with Crippen molar-refractivity contribution in [2.24, 2.45) is 0 Å². The van der Waals surface area contributed by atoms with Gasteiger partial charge in [0, 0.05) is 12.2 Å². The molecule has 0 aliphatic rings. The minimum Gasteiger partial charge on any atom is -0.493 e. The van der Waals surface area contributed by atoms with Gasteiger partial charge in [-0.3, -0.25) is 9.48 Å². The first-order chi connectivity index (χ1) is 13.0. The van der Waals surface area contributed by atoms with Crippen LogP contribution in [0.2, 0.25) is 0 Å². The molecule has 0 unspecified atom stereocenters.